The number of aliphatic hydroxyl groups excluding tert-OH is 2. The topological polar surface area (TPSA) is 175 Å². The third-order valence-corrected chi connectivity index (χ3v) is 9.96. The lowest BCUT2D eigenvalue weighted by Crippen LogP contribution is -2.58. The predicted octanol–water partition coefficient (Wildman–Crippen LogP) is 2.42. The summed E-state index contributed by atoms with van der Waals surface area (Å²) >= 11 is 0. The fourth-order valence-electron chi connectivity index (χ4n) is 5.00. The first-order valence-corrected chi connectivity index (χ1v) is 17.4. The first-order chi connectivity index (χ1) is 21.3. The molecule has 1 aromatic carbocycles. The largest absolute Gasteiger partial charge is 0.390 e. The minimum Gasteiger partial charge on any atom is -0.390 e. The molecule has 250 valence electrons. The average molecular weight is 647 g/mol. The smallest absolute Gasteiger partial charge is 0.253 e. The number of aromatic nitrogens is 1. The fraction of sp³-hybridized carbons (Fsp3) is 0.576. The highest BCUT2D eigenvalue weighted by atomic mass is 32.2. The molecule has 5 unspecified atom stereocenters. The number of amides is 3. The molecule has 0 aliphatic heterocycles. The summed E-state index contributed by atoms with van der Waals surface area (Å²) in [6, 6.07) is 9.34. The van der Waals surface area contributed by atoms with Crippen LogP contribution in [-0.2, 0) is 25.8 Å². The Morgan fingerprint density at radius 3 is 2.07 bits per heavy atom. The Morgan fingerprint density at radius 2 is 1.51 bits per heavy atom. The highest BCUT2D eigenvalue weighted by Gasteiger charge is 2.37. The number of nitrogens with one attached hydrogen (secondary N) is 3. The third kappa shape index (κ3) is 12.2. The Morgan fingerprint density at radius 1 is 0.867 bits per heavy atom. The van der Waals surface area contributed by atoms with Crippen LogP contribution in [0.25, 0.3) is 0 Å². The van der Waals surface area contributed by atoms with Gasteiger partial charge in [-0.3, -0.25) is 19.4 Å². The van der Waals surface area contributed by atoms with Gasteiger partial charge in [0.2, 0.25) is 11.8 Å². The Labute approximate surface area is 267 Å². The molecule has 2 rings (SSSR count). The Kier molecular flexibility index (Phi) is 15.6. The Balaban J connectivity index is 2.41. The maximum atomic E-state index is 13.9. The second kappa shape index (κ2) is 18.6. The molecule has 0 saturated heterocycles. The monoisotopic (exact) mass is 646 g/mol. The van der Waals surface area contributed by atoms with Crippen LogP contribution < -0.4 is 16.0 Å². The van der Waals surface area contributed by atoms with Crippen LogP contribution in [0, 0.1) is 11.8 Å². The molecule has 5 atom stereocenters. The zero-order valence-electron chi connectivity index (χ0n) is 27.0. The van der Waals surface area contributed by atoms with Gasteiger partial charge < -0.3 is 26.2 Å². The minimum atomic E-state index is -3.84. The molecular weight excluding hydrogens is 596 g/mol. The molecule has 11 nitrogen and oxygen atoms in total. The van der Waals surface area contributed by atoms with Crippen LogP contribution in [0.1, 0.15) is 76.2 Å². The summed E-state index contributed by atoms with van der Waals surface area (Å²) < 4.78 is 27.1. The fourth-order valence-corrected chi connectivity index (χ4v) is 7.16. The number of benzene rings is 1. The second-order valence-corrected chi connectivity index (χ2v) is 14.3. The highest BCUT2D eigenvalue weighted by molar-refractivity contribution is 7.92. The van der Waals surface area contributed by atoms with Gasteiger partial charge in [-0.1, -0.05) is 77.8 Å². The summed E-state index contributed by atoms with van der Waals surface area (Å²) in [4.78, 5) is 43.6. The first kappa shape index (κ1) is 37.8. The van der Waals surface area contributed by atoms with Gasteiger partial charge in [-0.25, -0.2) is 8.42 Å². The lowest BCUT2D eigenvalue weighted by atomic mass is 9.90. The van der Waals surface area contributed by atoms with E-state index in [1.165, 1.54) is 25.4 Å². The number of carbonyl (C=O) groups is 3. The van der Waals surface area contributed by atoms with Gasteiger partial charge in [0.1, 0.15) is 12.1 Å². The van der Waals surface area contributed by atoms with E-state index in [-0.39, 0.29) is 17.9 Å². The Hall–Kier alpha value is -3.35. The van der Waals surface area contributed by atoms with Gasteiger partial charge in [-0.15, -0.1) is 0 Å². The zero-order chi connectivity index (χ0) is 33.6. The number of aliphatic hydroxyl groups is 2. The number of sulfone groups is 1. The normalized spacial score (nSPS) is 15.1. The molecule has 0 bridgehead atoms. The molecule has 0 aliphatic rings. The van der Waals surface area contributed by atoms with Crippen LogP contribution in [-0.4, -0.2) is 83.2 Å². The molecule has 0 saturated carbocycles. The lowest BCUT2D eigenvalue weighted by molar-refractivity contribution is -0.132. The van der Waals surface area contributed by atoms with Crippen molar-refractivity contribution in [2.45, 2.75) is 96.3 Å². The van der Waals surface area contributed by atoms with E-state index < -0.39 is 68.8 Å². The van der Waals surface area contributed by atoms with Crippen LogP contribution in [0.3, 0.4) is 0 Å². The first-order valence-electron chi connectivity index (χ1n) is 15.7. The van der Waals surface area contributed by atoms with Crippen LogP contribution in [0.5, 0.6) is 0 Å². The van der Waals surface area contributed by atoms with Gasteiger partial charge in [-0.2, -0.15) is 0 Å². The average Bonchev–Trinajstić information content (AvgIpc) is 3.02. The molecule has 45 heavy (non-hydrogen) atoms. The number of pyridine rings is 1. The van der Waals surface area contributed by atoms with Crippen LogP contribution in [0.15, 0.2) is 54.9 Å². The highest BCUT2D eigenvalue weighted by Crippen LogP contribution is 2.19. The molecule has 0 aliphatic carbocycles. The Bertz CT molecular complexity index is 1300. The SMILES string of the molecule is CCCC(CCC)S(=O)(=O)CC(NC(=O)c1cccnc1)C(=O)NC(Cc1ccccc1)C(O)C(O)C(C)C(=O)NCC(C)C. The van der Waals surface area contributed by atoms with Crippen molar-refractivity contribution >= 4 is 27.6 Å². The maximum Gasteiger partial charge on any atom is 0.253 e. The van der Waals surface area contributed by atoms with Gasteiger partial charge >= 0.3 is 0 Å². The molecule has 0 spiro atoms. The minimum absolute atomic E-state index is 0.0649. The van der Waals surface area contributed by atoms with E-state index in [0.717, 1.165) is 5.56 Å². The van der Waals surface area contributed by atoms with Crippen LogP contribution in [0.4, 0.5) is 0 Å². The maximum absolute atomic E-state index is 13.9. The lowest BCUT2D eigenvalue weighted by Gasteiger charge is -2.32. The third-order valence-electron chi connectivity index (χ3n) is 7.67. The van der Waals surface area contributed by atoms with Crippen LogP contribution in [0.2, 0.25) is 0 Å². The summed E-state index contributed by atoms with van der Waals surface area (Å²) in [7, 11) is -3.84. The van der Waals surface area contributed by atoms with E-state index in [0.29, 0.717) is 32.2 Å². The standard InChI is InChI=1S/C33H50N4O7S/c1-6-12-26(13-7-2)45(43,44)21-28(37-32(41)25-16-11-17-34-20-25)33(42)36-27(18-24-14-9-8-10-15-24)30(39)29(38)23(5)31(40)35-19-22(3)4/h8-11,14-17,20,22-23,26-30,38-39H,6-7,12-13,18-19,21H2,1-5H3,(H,35,40)(H,36,42)(H,37,41). The molecule has 0 radical (unpaired) electrons. The van der Waals surface area contributed by atoms with Gasteiger partial charge in [-0.05, 0) is 42.9 Å². The van der Waals surface area contributed by atoms with Gasteiger partial charge in [0.05, 0.1) is 34.6 Å². The van der Waals surface area contributed by atoms with Gasteiger partial charge in [0, 0.05) is 18.9 Å². The van der Waals surface area contributed by atoms with Crippen molar-refractivity contribution in [3.8, 4) is 0 Å². The predicted molar refractivity (Wildman–Crippen MR) is 174 cm³/mol. The number of carbonyl (C=O) groups excluding carboxylic acids is 3. The van der Waals surface area contributed by atoms with Crippen molar-refractivity contribution in [3.05, 3.63) is 66.0 Å². The molecule has 2 aromatic rings. The number of rotatable bonds is 19. The van der Waals surface area contributed by atoms with E-state index >= 15 is 0 Å². The van der Waals surface area contributed by atoms with Crippen molar-refractivity contribution in [2.75, 3.05) is 12.3 Å². The summed E-state index contributed by atoms with van der Waals surface area (Å²) in [5.41, 5.74) is 0.865. The molecule has 1 aromatic heterocycles. The zero-order valence-corrected chi connectivity index (χ0v) is 27.8. The van der Waals surface area contributed by atoms with E-state index in [2.05, 4.69) is 20.9 Å². The van der Waals surface area contributed by atoms with Crippen molar-refractivity contribution < 1.29 is 33.0 Å². The van der Waals surface area contributed by atoms with E-state index in [1.807, 2.05) is 27.7 Å². The summed E-state index contributed by atoms with van der Waals surface area (Å²) in [5, 5.41) is 29.7. The van der Waals surface area contributed by atoms with Gasteiger partial charge in [0.25, 0.3) is 5.91 Å². The van der Waals surface area contributed by atoms with Crippen molar-refractivity contribution in [3.63, 3.8) is 0 Å². The molecule has 0 fully saturated rings. The molecular formula is C33H50N4O7S. The molecule has 12 heteroatoms. The van der Waals surface area contributed by atoms with Crippen molar-refractivity contribution in [1.82, 2.24) is 20.9 Å². The van der Waals surface area contributed by atoms with E-state index in [1.54, 1.807) is 36.4 Å². The summed E-state index contributed by atoms with van der Waals surface area (Å²) in [5.74, 6) is -3.47. The summed E-state index contributed by atoms with van der Waals surface area (Å²) in [6.07, 6.45) is 1.79. The summed E-state index contributed by atoms with van der Waals surface area (Å²) in [6.45, 7) is 9.50. The van der Waals surface area contributed by atoms with Gasteiger partial charge in [0.15, 0.2) is 9.84 Å². The number of hydrogen-bond acceptors (Lipinski definition) is 8. The molecule has 3 amide bonds. The van der Waals surface area contributed by atoms with E-state index in [9.17, 15) is 33.0 Å². The van der Waals surface area contributed by atoms with Crippen molar-refractivity contribution in [2.24, 2.45) is 11.8 Å². The quantitative estimate of drug-likeness (QED) is 0.155. The molecule has 1 heterocycles. The van der Waals surface area contributed by atoms with Crippen LogP contribution >= 0.6 is 0 Å². The molecule has 5 N–H and O–H groups in total. The van der Waals surface area contributed by atoms with E-state index in [4.69, 9.17) is 0 Å². The second-order valence-electron chi connectivity index (χ2n) is 12.0. The number of hydrogen-bond donors (Lipinski definition) is 5. The van der Waals surface area contributed by atoms with Crippen molar-refractivity contribution in [1.29, 1.82) is 0 Å². The number of nitrogens with zero attached hydrogens (tertiary/aromatic N) is 1.